The van der Waals surface area contributed by atoms with E-state index in [1.54, 1.807) is 0 Å². The molecule has 0 aliphatic carbocycles. The normalized spacial score (nSPS) is 14.3. The number of hydrogen-bond acceptors (Lipinski definition) is 2. The van der Waals surface area contributed by atoms with Crippen molar-refractivity contribution in [3.8, 4) is 0 Å². The Bertz CT molecular complexity index is 63.9. The van der Waals surface area contributed by atoms with Crippen molar-refractivity contribution in [2.75, 3.05) is 6.61 Å². The summed E-state index contributed by atoms with van der Waals surface area (Å²) in [6.07, 6.45) is 0.963. The van der Waals surface area contributed by atoms with Crippen LogP contribution in [-0.4, -0.2) is 12.8 Å². The Labute approximate surface area is 57.4 Å². The van der Waals surface area contributed by atoms with Gasteiger partial charge in [0.1, 0.15) is 6.23 Å². The number of ether oxygens (including phenoxy) is 1. The summed E-state index contributed by atoms with van der Waals surface area (Å²) in [4.78, 5) is 0. The Hall–Kier alpha value is -0.0800. The molecule has 0 aliphatic heterocycles. The van der Waals surface area contributed by atoms with E-state index in [9.17, 15) is 0 Å². The maximum absolute atomic E-state index is 5.58. The van der Waals surface area contributed by atoms with Gasteiger partial charge in [0.25, 0.3) is 0 Å². The van der Waals surface area contributed by atoms with Crippen LogP contribution in [0.2, 0.25) is 0 Å². The van der Waals surface area contributed by atoms with Crippen LogP contribution in [0.3, 0.4) is 0 Å². The molecule has 0 rings (SSSR count). The zero-order valence-electron chi connectivity index (χ0n) is 6.55. The molecule has 1 atom stereocenters. The SMILES string of the molecule is CCCOC(N)C(C)C. The van der Waals surface area contributed by atoms with E-state index in [-0.39, 0.29) is 6.23 Å². The van der Waals surface area contributed by atoms with Crippen LogP contribution in [0.1, 0.15) is 27.2 Å². The van der Waals surface area contributed by atoms with Crippen molar-refractivity contribution in [1.29, 1.82) is 0 Å². The minimum Gasteiger partial charge on any atom is -0.363 e. The third-order valence-electron chi connectivity index (χ3n) is 1.17. The summed E-state index contributed by atoms with van der Waals surface area (Å²) >= 11 is 0. The fourth-order valence-electron chi connectivity index (χ4n) is 0.446. The molecule has 0 radical (unpaired) electrons. The van der Waals surface area contributed by atoms with Crippen molar-refractivity contribution in [2.24, 2.45) is 11.7 Å². The molecule has 2 heteroatoms. The highest BCUT2D eigenvalue weighted by Gasteiger charge is 2.05. The molecule has 1 unspecified atom stereocenters. The second-order valence-corrected chi connectivity index (χ2v) is 2.58. The largest absolute Gasteiger partial charge is 0.363 e. The monoisotopic (exact) mass is 131 g/mol. The van der Waals surface area contributed by atoms with Gasteiger partial charge in [0.2, 0.25) is 0 Å². The molecule has 0 fully saturated rings. The van der Waals surface area contributed by atoms with Crippen LogP contribution in [0, 0.1) is 5.92 Å². The molecule has 9 heavy (non-hydrogen) atoms. The predicted molar refractivity (Wildman–Crippen MR) is 39.1 cm³/mol. The molecule has 0 bridgehead atoms. The summed E-state index contributed by atoms with van der Waals surface area (Å²) < 4.78 is 5.23. The van der Waals surface area contributed by atoms with Crippen molar-refractivity contribution in [2.45, 2.75) is 33.4 Å². The average molecular weight is 131 g/mol. The van der Waals surface area contributed by atoms with Crippen LogP contribution in [-0.2, 0) is 4.74 Å². The molecule has 0 saturated carbocycles. The van der Waals surface area contributed by atoms with Gasteiger partial charge in [-0.25, -0.2) is 0 Å². The van der Waals surface area contributed by atoms with Crippen LogP contribution in [0.5, 0.6) is 0 Å². The van der Waals surface area contributed by atoms with Crippen molar-refractivity contribution in [1.82, 2.24) is 0 Å². The van der Waals surface area contributed by atoms with E-state index >= 15 is 0 Å². The Kier molecular flexibility index (Phi) is 4.72. The van der Waals surface area contributed by atoms with Gasteiger partial charge < -0.3 is 10.5 Å². The summed E-state index contributed by atoms with van der Waals surface area (Å²) in [5.74, 6) is 0.427. The average Bonchev–Trinajstić information content (AvgIpc) is 1.82. The topological polar surface area (TPSA) is 35.2 Å². The third kappa shape index (κ3) is 4.43. The Morgan fingerprint density at radius 2 is 2.00 bits per heavy atom. The summed E-state index contributed by atoms with van der Waals surface area (Å²) in [5.41, 5.74) is 5.58. The second kappa shape index (κ2) is 4.77. The van der Waals surface area contributed by atoms with Crippen LogP contribution in [0.4, 0.5) is 0 Å². The minimum absolute atomic E-state index is 0.0788. The van der Waals surface area contributed by atoms with E-state index < -0.39 is 0 Å². The first-order valence-corrected chi connectivity index (χ1v) is 3.55. The van der Waals surface area contributed by atoms with Crippen molar-refractivity contribution in [3.63, 3.8) is 0 Å². The number of rotatable bonds is 4. The molecule has 0 spiro atoms. The van der Waals surface area contributed by atoms with Gasteiger partial charge in [-0.05, 0) is 12.3 Å². The van der Waals surface area contributed by atoms with Gasteiger partial charge in [0.15, 0.2) is 0 Å². The highest BCUT2D eigenvalue weighted by molar-refractivity contribution is 4.51. The number of hydrogen-bond donors (Lipinski definition) is 1. The molecular formula is C7H17NO. The molecule has 0 aromatic rings. The fraction of sp³-hybridized carbons (Fsp3) is 1.00. The van der Waals surface area contributed by atoms with Gasteiger partial charge in [0.05, 0.1) is 0 Å². The first-order chi connectivity index (χ1) is 4.18. The van der Waals surface area contributed by atoms with Crippen LogP contribution in [0.25, 0.3) is 0 Å². The van der Waals surface area contributed by atoms with E-state index in [1.165, 1.54) is 0 Å². The highest BCUT2D eigenvalue weighted by Crippen LogP contribution is 1.99. The Balaban J connectivity index is 3.16. The van der Waals surface area contributed by atoms with Crippen LogP contribution < -0.4 is 5.73 Å². The lowest BCUT2D eigenvalue weighted by molar-refractivity contribution is 0.0274. The summed E-state index contributed by atoms with van der Waals surface area (Å²) in [5, 5.41) is 0. The molecule has 56 valence electrons. The molecule has 2 N–H and O–H groups in total. The van der Waals surface area contributed by atoms with Crippen molar-refractivity contribution in [3.05, 3.63) is 0 Å². The van der Waals surface area contributed by atoms with Gasteiger partial charge in [0, 0.05) is 6.61 Å². The summed E-state index contributed by atoms with van der Waals surface area (Å²) in [6.45, 7) is 6.97. The molecule has 0 aromatic carbocycles. The van der Waals surface area contributed by atoms with Gasteiger partial charge in [-0.2, -0.15) is 0 Å². The smallest absolute Gasteiger partial charge is 0.107 e. The number of nitrogens with two attached hydrogens (primary N) is 1. The van der Waals surface area contributed by atoms with Crippen LogP contribution >= 0.6 is 0 Å². The molecule has 0 saturated heterocycles. The molecule has 2 nitrogen and oxygen atoms in total. The Morgan fingerprint density at radius 3 is 2.33 bits per heavy atom. The fourth-order valence-corrected chi connectivity index (χ4v) is 0.446. The molecule has 0 aliphatic rings. The molecule has 0 amide bonds. The third-order valence-corrected chi connectivity index (χ3v) is 1.17. The van der Waals surface area contributed by atoms with E-state index in [2.05, 4.69) is 20.8 Å². The van der Waals surface area contributed by atoms with Gasteiger partial charge in [-0.3, -0.25) is 0 Å². The summed E-state index contributed by atoms with van der Waals surface area (Å²) in [7, 11) is 0. The Morgan fingerprint density at radius 1 is 1.44 bits per heavy atom. The molecule has 0 aromatic heterocycles. The predicted octanol–water partition coefficient (Wildman–Crippen LogP) is 1.35. The lowest BCUT2D eigenvalue weighted by atomic mass is 10.2. The first-order valence-electron chi connectivity index (χ1n) is 3.55. The zero-order valence-corrected chi connectivity index (χ0v) is 6.55. The summed E-state index contributed by atoms with van der Waals surface area (Å²) in [6, 6.07) is 0. The standard InChI is InChI=1S/C7H17NO/c1-4-5-9-7(8)6(2)3/h6-7H,4-5,8H2,1-3H3. The van der Waals surface area contributed by atoms with E-state index in [1.807, 2.05) is 0 Å². The van der Waals surface area contributed by atoms with E-state index in [0.717, 1.165) is 13.0 Å². The maximum Gasteiger partial charge on any atom is 0.107 e. The lowest BCUT2D eigenvalue weighted by Crippen LogP contribution is -2.29. The van der Waals surface area contributed by atoms with E-state index in [4.69, 9.17) is 10.5 Å². The maximum atomic E-state index is 5.58. The highest BCUT2D eigenvalue weighted by atomic mass is 16.5. The van der Waals surface area contributed by atoms with Gasteiger partial charge >= 0.3 is 0 Å². The molecule has 0 heterocycles. The van der Waals surface area contributed by atoms with Crippen molar-refractivity contribution >= 4 is 0 Å². The first kappa shape index (κ1) is 8.92. The lowest BCUT2D eigenvalue weighted by Gasteiger charge is -2.15. The van der Waals surface area contributed by atoms with Crippen LogP contribution in [0.15, 0.2) is 0 Å². The van der Waals surface area contributed by atoms with Gasteiger partial charge in [-0.1, -0.05) is 20.8 Å². The zero-order chi connectivity index (χ0) is 7.28. The van der Waals surface area contributed by atoms with E-state index in [0.29, 0.717) is 5.92 Å². The van der Waals surface area contributed by atoms with Crippen molar-refractivity contribution < 1.29 is 4.74 Å². The molecular weight excluding hydrogens is 114 g/mol. The van der Waals surface area contributed by atoms with Gasteiger partial charge in [-0.15, -0.1) is 0 Å². The second-order valence-electron chi connectivity index (χ2n) is 2.58. The quantitative estimate of drug-likeness (QED) is 0.584. The minimum atomic E-state index is -0.0788.